The first-order chi connectivity index (χ1) is 7.19. The second-order valence-corrected chi connectivity index (χ2v) is 6.94. The predicted molar refractivity (Wildman–Crippen MR) is 60.1 cm³/mol. The summed E-state index contributed by atoms with van der Waals surface area (Å²) in [6.07, 6.45) is 0. The molecule has 88 valence electrons. The molecule has 0 aliphatic carbocycles. The first-order valence-electron chi connectivity index (χ1n) is 3.72. The van der Waals surface area contributed by atoms with Gasteiger partial charge in [-0.1, -0.05) is 11.6 Å². The third kappa shape index (κ3) is 2.24. The summed E-state index contributed by atoms with van der Waals surface area (Å²) in [4.78, 5) is 8.78. The molecule has 0 saturated heterocycles. The zero-order valence-corrected chi connectivity index (χ0v) is 10.5. The van der Waals surface area contributed by atoms with Gasteiger partial charge in [0, 0.05) is 5.02 Å². The molecule has 0 aliphatic rings. The van der Waals surface area contributed by atoms with Gasteiger partial charge in [0.15, 0.2) is 0 Å². The van der Waals surface area contributed by atoms with Crippen molar-refractivity contribution in [1.29, 1.82) is 0 Å². The van der Waals surface area contributed by atoms with Crippen LogP contribution in [0.3, 0.4) is 0 Å². The molecule has 0 atom stereocenters. The summed E-state index contributed by atoms with van der Waals surface area (Å²) in [7, 11) is -4.48. The lowest BCUT2D eigenvalue weighted by atomic mass is 10.4. The number of hydrogen-bond donors (Lipinski definition) is 0. The van der Waals surface area contributed by atoms with Crippen LogP contribution in [0.2, 0.25) is 5.02 Å². The van der Waals surface area contributed by atoms with Crippen LogP contribution in [0.15, 0.2) is 29.2 Å². The van der Waals surface area contributed by atoms with Gasteiger partial charge in [0.25, 0.3) is 9.84 Å². The minimum atomic E-state index is -4.48. The first-order valence-corrected chi connectivity index (χ1v) is 6.34. The Hall–Kier alpha value is -0.560. The van der Waals surface area contributed by atoms with E-state index in [0.717, 1.165) is 12.1 Å². The molecule has 0 aromatic heterocycles. The normalized spacial score (nSPS) is 12.4. The largest absolute Gasteiger partial charge is 0.474 e. The Morgan fingerprint density at radius 2 is 1.62 bits per heavy atom. The van der Waals surface area contributed by atoms with Gasteiger partial charge in [0.2, 0.25) is 0 Å². The first kappa shape index (κ1) is 13.5. The van der Waals surface area contributed by atoms with E-state index in [1.807, 2.05) is 0 Å². The van der Waals surface area contributed by atoms with Crippen LogP contribution in [0, 0.1) is 10.1 Å². The van der Waals surface area contributed by atoms with Gasteiger partial charge in [-0.05, 0) is 47.5 Å². The molecule has 0 aliphatic heterocycles. The van der Waals surface area contributed by atoms with Crippen molar-refractivity contribution in [1.82, 2.24) is 0 Å². The van der Waals surface area contributed by atoms with Crippen LogP contribution in [-0.4, -0.2) is 17.1 Å². The highest BCUT2D eigenvalue weighted by atomic mass is 35.5. The average molecular weight is 305 g/mol. The second kappa shape index (κ2) is 4.37. The third-order valence-electron chi connectivity index (χ3n) is 1.66. The molecule has 0 N–H and O–H groups in total. The van der Waals surface area contributed by atoms with E-state index < -0.39 is 18.5 Å². The quantitative estimate of drug-likeness (QED) is 0.372. The molecule has 0 radical (unpaired) electrons. The van der Waals surface area contributed by atoms with Gasteiger partial charge in [0.1, 0.15) is 0 Å². The van der Waals surface area contributed by atoms with Crippen LogP contribution >= 0.6 is 34.8 Å². The maximum atomic E-state index is 11.7. The highest BCUT2D eigenvalue weighted by Gasteiger charge is 2.53. The number of halogens is 3. The van der Waals surface area contributed by atoms with Gasteiger partial charge < -0.3 is 0 Å². The summed E-state index contributed by atoms with van der Waals surface area (Å²) in [5.74, 6) is 0. The Kier molecular flexibility index (Phi) is 3.69. The number of sulfone groups is 1. The molecular formula is C7H4Cl3NO4S. The minimum absolute atomic E-state index is 0.287. The smallest absolute Gasteiger partial charge is 0.261 e. The topological polar surface area (TPSA) is 77.3 Å². The highest BCUT2D eigenvalue weighted by Crippen LogP contribution is 2.34. The molecule has 5 nitrogen and oxygen atoms in total. The Morgan fingerprint density at radius 3 is 2.00 bits per heavy atom. The van der Waals surface area contributed by atoms with Gasteiger partial charge >= 0.3 is 3.79 Å². The van der Waals surface area contributed by atoms with Crippen molar-refractivity contribution in [3.05, 3.63) is 39.4 Å². The molecule has 0 bridgehead atoms. The summed E-state index contributed by atoms with van der Waals surface area (Å²) in [5.41, 5.74) is 0. The maximum absolute atomic E-state index is 11.7. The summed E-state index contributed by atoms with van der Waals surface area (Å²) in [6, 6.07) is 4.69. The van der Waals surface area contributed by atoms with E-state index in [0.29, 0.717) is 0 Å². The van der Waals surface area contributed by atoms with Crippen LogP contribution < -0.4 is 0 Å². The highest BCUT2D eigenvalue weighted by molar-refractivity contribution is 7.95. The summed E-state index contributed by atoms with van der Waals surface area (Å²) >= 11 is 15.9. The van der Waals surface area contributed by atoms with E-state index in [1.165, 1.54) is 12.1 Å². The van der Waals surface area contributed by atoms with Gasteiger partial charge in [-0.25, -0.2) is 8.42 Å². The van der Waals surface area contributed by atoms with Crippen molar-refractivity contribution < 1.29 is 13.3 Å². The third-order valence-corrected chi connectivity index (χ3v) is 5.10. The number of alkyl halides is 2. The van der Waals surface area contributed by atoms with E-state index in [1.54, 1.807) is 0 Å². The van der Waals surface area contributed by atoms with Crippen molar-refractivity contribution in [2.24, 2.45) is 0 Å². The lowest BCUT2D eigenvalue weighted by Crippen LogP contribution is -2.34. The van der Waals surface area contributed by atoms with E-state index in [9.17, 15) is 18.5 Å². The van der Waals surface area contributed by atoms with Crippen molar-refractivity contribution in [2.45, 2.75) is 8.68 Å². The lowest BCUT2D eigenvalue weighted by molar-refractivity contribution is -0.491. The van der Waals surface area contributed by atoms with Gasteiger partial charge in [-0.3, -0.25) is 10.1 Å². The number of benzene rings is 1. The van der Waals surface area contributed by atoms with E-state index in [4.69, 9.17) is 34.8 Å². The van der Waals surface area contributed by atoms with Crippen molar-refractivity contribution in [3.8, 4) is 0 Å². The number of nitro groups is 1. The summed E-state index contributed by atoms with van der Waals surface area (Å²) in [5, 5.41) is 10.7. The monoisotopic (exact) mass is 303 g/mol. The van der Waals surface area contributed by atoms with E-state index in [2.05, 4.69) is 0 Å². The Morgan fingerprint density at radius 1 is 1.19 bits per heavy atom. The van der Waals surface area contributed by atoms with Crippen molar-refractivity contribution in [2.75, 3.05) is 0 Å². The predicted octanol–water partition coefficient (Wildman–Crippen LogP) is 2.48. The fraction of sp³-hybridized carbons (Fsp3) is 0.143. The Labute approximate surface area is 106 Å². The van der Waals surface area contributed by atoms with Crippen molar-refractivity contribution >= 4 is 44.6 Å². The summed E-state index contributed by atoms with van der Waals surface area (Å²) < 4.78 is 20.2. The van der Waals surface area contributed by atoms with Gasteiger partial charge in [0.05, 0.1) is 9.82 Å². The molecule has 1 aromatic carbocycles. The fourth-order valence-corrected chi connectivity index (χ4v) is 2.49. The standard InChI is InChI=1S/C7H4Cl3NO4S/c8-5-1-3-6(4-2-5)16(14,15)7(9,10)11(12)13/h1-4H. The van der Waals surface area contributed by atoms with Crippen LogP contribution in [0.5, 0.6) is 0 Å². The zero-order valence-electron chi connectivity index (χ0n) is 7.43. The molecular weight excluding hydrogens is 301 g/mol. The van der Waals surface area contributed by atoms with Gasteiger partial charge in [-0.15, -0.1) is 0 Å². The molecule has 0 amide bonds. The molecule has 1 aromatic rings. The molecule has 0 fully saturated rings. The zero-order chi connectivity index (χ0) is 12.6. The van der Waals surface area contributed by atoms with Gasteiger partial charge in [-0.2, -0.15) is 0 Å². The SMILES string of the molecule is O=[N+]([O-])C(Cl)(Cl)S(=O)(=O)c1ccc(Cl)cc1. The summed E-state index contributed by atoms with van der Waals surface area (Å²) in [6.45, 7) is 0. The van der Waals surface area contributed by atoms with Crippen LogP contribution in [0.4, 0.5) is 0 Å². The molecule has 0 spiro atoms. The number of rotatable bonds is 3. The molecule has 0 heterocycles. The Bertz CT molecular complexity index is 511. The Balaban J connectivity index is 3.33. The fourth-order valence-electron chi connectivity index (χ4n) is 0.854. The number of hydrogen-bond acceptors (Lipinski definition) is 4. The van der Waals surface area contributed by atoms with E-state index >= 15 is 0 Å². The maximum Gasteiger partial charge on any atom is 0.474 e. The average Bonchev–Trinajstić information content (AvgIpc) is 2.17. The molecule has 9 heteroatoms. The molecule has 16 heavy (non-hydrogen) atoms. The second-order valence-electron chi connectivity index (χ2n) is 2.70. The molecule has 1 rings (SSSR count). The van der Waals surface area contributed by atoms with Crippen LogP contribution in [-0.2, 0) is 9.84 Å². The van der Waals surface area contributed by atoms with Crippen LogP contribution in [0.1, 0.15) is 0 Å². The van der Waals surface area contributed by atoms with Crippen LogP contribution in [0.25, 0.3) is 0 Å². The minimum Gasteiger partial charge on any atom is -0.261 e. The molecule has 0 saturated carbocycles. The van der Waals surface area contributed by atoms with Crippen molar-refractivity contribution in [3.63, 3.8) is 0 Å². The van der Waals surface area contributed by atoms with E-state index in [-0.39, 0.29) is 9.92 Å². The number of nitrogens with zero attached hydrogens (tertiary/aromatic N) is 1. The lowest BCUT2D eigenvalue weighted by Gasteiger charge is -2.11. The molecule has 0 unspecified atom stereocenters.